The molecule has 1 aromatic heterocycles. The number of hydrogen-bond acceptors (Lipinski definition) is 12. The molecule has 2 saturated heterocycles. The number of aromatic nitrogens is 1. The van der Waals surface area contributed by atoms with Gasteiger partial charge in [0.2, 0.25) is 0 Å². The van der Waals surface area contributed by atoms with Gasteiger partial charge in [-0.05, 0) is 61.9 Å². The SMILES string of the molecule is Cc1cc2c(CCNC(=O)N3CCC4(CC3)CN(N)C(NC(=O)C3=NC(Cl)=C(N=NN)NC3N=NN)N4)cn(N)c2cc1C. The van der Waals surface area contributed by atoms with Crippen LogP contribution in [-0.4, -0.2) is 76.4 Å². The molecule has 3 aliphatic heterocycles. The molecule has 0 bridgehead atoms. The van der Waals surface area contributed by atoms with Crippen LogP contribution in [0.2, 0.25) is 0 Å². The molecule has 19 heteroatoms. The summed E-state index contributed by atoms with van der Waals surface area (Å²) in [5.41, 5.74) is 3.92. The summed E-state index contributed by atoms with van der Waals surface area (Å²) in [6.07, 6.45) is 2.05. The van der Waals surface area contributed by atoms with Crippen LogP contribution in [0.15, 0.2) is 55.0 Å². The van der Waals surface area contributed by atoms with E-state index in [4.69, 9.17) is 35.0 Å². The fourth-order valence-corrected chi connectivity index (χ4v) is 5.92. The summed E-state index contributed by atoms with van der Waals surface area (Å²) in [7, 11) is 0. The van der Waals surface area contributed by atoms with Gasteiger partial charge in [0.1, 0.15) is 6.29 Å². The third-order valence-corrected chi connectivity index (χ3v) is 8.52. The molecule has 0 aliphatic carbocycles. The summed E-state index contributed by atoms with van der Waals surface area (Å²) in [4.78, 5) is 32.0. The van der Waals surface area contributed by atoms with E-state index in [-0.39, 0.29) is 22.7 Å². The second-order valence-electron chi connectivity index (χ2n) is 11.1. The zero-order chi connectivity index (χ0) is 31.6. The number of amides is 3. The molecule has 0 saturated carbocycles. The molecule has 2 unspecified atom stereocenters. The van der Waals surface area contributed by atoms with Gasteiger partial charge in [-0.2, -0.15) is 0 Å². The van der Waals surface area contributed by atoms with Gasteiger partial charge in [0.15, 0.2) is 22.9 Å². The van der Waals surface area contributed by atoms with Gasteiger partial charge in [0.05, 0.1) is 5.52 Å². The second kappa shape index (κ2) is 12.6. The van der Waals surface area contributed by atoms with Crippen molar-refractivity contribution in [1.29, 1.82) is 0 Å². The lowest BCUT2D eigenvalue weighted by Gasteiger charge is -2.39. The smallest absolute Gasteiger partial charge is 0.317 e. The van der Waals surface area contributed by atoms with Gasteiger partial charge in [0.25, 0.3) is 5.91 Å². The summed E-state index contributed by atoms with van der Waals surface area (Å²) in [5.74, 6) is 22.1. The zero-order valence-corrected chi connectivity index (χ0v) is 25.2. The number of likely N-dealkylation sites (tertiary alicyclic amines) is 1. The predicted octanol–water partition coefficient (Wildman–Crippen LogP) is -0.375. The van der Waals surface area contributed by atoms with Gasteiger partial charge in [-0.3, -0.25) is 20.6 Å². The van der Waals surface area contributed by atoms with E-state index in [0.29, 0.717) is 45.4 Å². The van der Waals surface area contributed by atoms with E-state index in [1.54, 1.807) is 9.58 Å². The summed E-state index contributed by atoms with van der Waals surface area (Å²) in [6.45, 7) is 6.10. The molecule has 2 aromatic rings. The topological polar surface area (TPSA) is 260 Å². The molecular formula is C25H37ClN16O2. The molecule has 3 amide bonds. The van der Waals surface area contributed by atoms with Crippen LogP contribution in [0.1, 0.15) is 29.5 Å². The van der Waals surface area contributed by atoms with Gasteiger partial charge in [-0.25, -0.2) is 14.8 Å². The Bertz CT molecular complexity index is 1560. The average Bonchev–Trinajstić information content (AvgIpc) is 3.45. The quantitative estimate of drug-likeness (QED) is 0.0859. The fourth-order valence-electron chi connectivity index (χ4n) is 5.74. The molecular weight excluding hydrogens is 592 g/mol. The van der Waals surface area contributed by atoms with Crippen molar-refractivity contribution in [3.63, 3.8) is 0 Å². The van der Waals surface area contributed by atoms with E-state index >= 15 is 0 Å². The van der Waals surface area contributed by atoms with Crippen LogP contribution < -0.4 is 44.6 Å². The normalized spacial score (nSPS) is 22.3. The average molecular weight is 629 g/mol. The fraction of sp³-hybridized carbons (Fsp3) is 0.480. The number of aliphatic imine (C=N–C) groups is 1. The Kier molecular flexibility index (Phi) is 8.86. The van der Waals surface area contributed by atoms with Crippen molar-refractivity contribution in [2.24, 2.45) is 43.2 Å². The van der Waals surface area contributed by atoms with E-state index in [9.17, 15) is 9.59 Å². The number of hydrazine groups is 1. The molecule has 4 heterocycles. The van der Waals surface area contributed by atoms with Crippen molar-refractivity contribution in [2.75, 3.05) is 32.0 Å². The third kappa shape index (κ3) is 6.23. The Balaban J connectivity index is 1.14. The Morgan fingerprint density at radius 2 is 1.89 bits per heavy atom. The number of nitrogens with zero attached hydrogens (tertiary/aromatic N) is 8. The minimum atomic E-state index is -1.08. The van der Waals surface area contributed by atoms with Crippen LogP contribution in [0.25, 0.3) is 10.9 Å². The number of urea groups is 1. The number of benzene rings is 1. The van der Waals surface area contributed by atoms with Crippen LogP contribution in [0.4, 0.5) is 4.79 Å². The Labute approximate surface area is 257 Å². The molecule has 12 N–H and O–H groups in total. The molecule has 3 aliphatic rings. The number of nitrogens with one attached hydrogen (secondary N) is 4. The number of nitrogens with two attached hydrogens (primary N) is 4. The Morgan fingerprint density at radius 1 is 1.16 bits per heavy atom. The molecule has 44 heavy (non-hydrogen) atoms. The third-order valence-electron chi connectivity index (χ3n) is 8.26. The van der Waals surface area contributed by atoms with Crippen molar-refractivity contribution in [3.05, 3.63) is 46.0 Å². The standard InChI is InChI=1S/C25H37ClN16O2/c1-13-9-16-15(11-41(29)17(16)10-14(13)2)3-6-31-24(44)40-7-4-25(5-8-40)12-42(30)23(35-25)34-22(43)18-20(36-38-27)33-21(37-39-28)19(26)32-18/h9-11,20,23,33,35H,3-8,12,29-30H2,1-2H3,(H2,27,36)(H2,28,37)(H,31,44)(H,34,43). The van der Waals surface area contributed by atoms with Crippen LogP contribution in [-0.2, 0) is 11.2 Å². The van der Waals surface area contributed by atoms with E-state index < -0.39 is 23.9 Å². The van der Waals surface area contributed by atoms with Gasteiger partial charge in [-0.1, -0.05) is 22.0 Å². The Morgan fingerprint density at radius 3 is 2.59 bits per heavy atom. The van der Waals surface area contributed by atoms with Gasteiger partial charge >= 0.3 is 6.03 Å². The second-order valence-corrected chi connectivity index (χ2v) is 11.4. The van der Waals surface area contributed by atoms with Crippen LogP contribution in [0.5, 0.6) is 0 Å². The number of aryl methyl sites for hydroxylation is 2. The first-order valence-corrected chi connectivity index (χ1v) is 14.4. The molecule has 18 nitrogen and oxygen atoms in total. The number of nitrogen functional groups attached to an aromatic ring is 1. The summed E-state index contributed by atoms with van der Waals surface area (Å²) in [5, 5.41) is 28.2. The van der Waals surface area contributed by atoms with Crippen molar-refractivity contribution < 1.29 is 9.59 Å². The molecule has 1 aromatic carbocycles. The zero-order valence-electron chi connectivity index (χ0n) is 24.4. The number of carbonyl (C=O) groups excluding carboxylic acids is 2. The van der Waals surface area contributed by atoms with Gasteiger partial charge in [0, 0.05) is 43.3 Å². The molecule has 2 fully saturated rings. The highest BCUT2D eigenvalue weighted by Gasteiger charge is 2.46. The first kappa shape index (κ1) is 30.9. The van der Waals surface area contributed by atoms with Crippen molar-refractivity contribution in [3.8, 4) is 0 Å². The molecule has 5 rings (SSSR count). The van der Waals surface area contributed by atoms with Crippen LogP contribution in [0.3, 0.4) is 0 Å². The largest absolute Gasteiger partial charge is 0.339 e. The summed E-state index contributed by atoms with van der Waals surface area (Å²) >= 11 is 6.11. The molecule has 2 atom stereocenters. The number of hydrogen-bond donors (Lipinski definition) is 8. The van der Waals surface area contributed by atoms with E-state index in [2.05, 4.69) is 72.9 Å². The van der Waals surface area contributed by atoms with Gasteiger partial charge < -0.3 is 38.4 Å². The first-order chi connectivity index (χ1) is 21.0. The molecule has 0 radical (unpaired) electrons. The number of rotatable bonds is 7. The van der Waals surface area contributed by atoms with Crippen LogP contribution in [0, 0.1) is 13.8 Å². The molecule has 236 valence electrons. The van der Waals surface area contributed by atoms with Crippen molar-refractivity contribution >= 4 is 40.2 Å². The minimum absolute atomic E-state index is 0.00521. The summed E-state index contributed by atoms with van der Waals surface area (Å²) < 4.78 is 1.63. The number of fused-ring (bicyclic) bond motifs is 1. The molecule has 1 spiro atoms. The van der Waals surface area contributed by atoms with E-state index in [1.807, 2.05) is 6.20 Å². The highest BCUT2D eigenvalue weighted by Crippen LogP contribution is 2.28. The van der Waals surface area contributed by atoms with Crippen molar-refractivity contribution in [1.82, 2.24) is 35.9 Å². The van der Waals surface area contributed by atoms with E-state index in [1.165, 1.54) is 16.1 Å². The lowest BCUT2D eigenvalue weighted by Crippen LogP contribution is -2.59. The Hall–Kier alpha value is -4.52. The lowest BCUT2D eigenvalue weighted by atomic mass is 9.88. The lowest BCUT2D eigenvalue weighted by molar-refractivity contribution is -0.116. The maximum absolute atomic E-state index is 13.1. The monoisotopic (exact) mass is 628 g/mol. The van der Waals surface area contributed by atoms with E-state index in [0.717, 1.165) is 16.5 Å². The minimum Gasteiger partial charge on any atom is -0.339 e. The first-order valence-electron chi connectivity index (χ1n) is 14.0. The van der Waals surface area contributed by atoms with Crippen molar-refractivity contribution in [2.45, 2.75) is 51.1 Å². The van der Waals surface area contributed by atoms with Crippen LogP contribution >= 0.6 is 11.6 Å². The highest BCUT2D eigenvalue weighted by atomic mass is 35.5. The predicted molar refractivity (Wildman–Crippen MR) is 163 cm³/mol. The van der Waals surface area contributed by atoms with Gasteiger partial charge in [-0.15, -0.1) is 10.2 Å². The number of halogens is 1. The maximum Gasteiger partial charge on any atom is 0.317 e. The number of carbonyl (C=O) groups is 2. The maximum atomic E-state index is 13.1. The highest BCUT2D eigenvalue weighted by molar-refractivity contribution is 6.43. The number of piperidine rings is 1. The summed E-state index contributed by atoms with van der Waals surface area (Å²) in [6, 6.07) is 4.09.